The molecule has 0 spiro atoms. The van der Waals surface area contributed by atoms with Crippen LogP contribution >= 0.6 is 0 Å². The van der Waals surface area contributed by atoms with E-state index in [0.29, 0.717) is 0 Å². The molecule has 17 heavy (non-hydrogen) atoms. The third-order valence-electron chi connectivity index (χ3n) is 3.01. The van der Waals surface area contributed by atoms with Crippen molar-refractivity contribution < 1.29 is 4.43 Å². The first-order valence-electron chi connectivity index (χ1n) is 6.51. The fraction of sp³-hybridized carbons (Fsp3) is 0.467. The lowest BCUT2D eigenvalue weighted by Gasteiger charge is -2.26. The van der Waals surface area contributed by atoms with Crippen LogP contribution in [0, 0.1) is 0 Å². The second-order valence-corrected chi connectivity index (χ2v) is 10.1. The minimum atomic E-state index is -1.51. The van der Waals surface area contributed by atoms with Gasteiger partial charge in [-0.05, 0) is 62.2 Å². The second kappa shape index (κ2) is 4.69. The van der Waals surface area contributed by atoms with Crippen LogP contribution in [0.4, 0.5) is 0 Å². The monoisotopic (exact) mass is 246 g/mol. The zero-order valence-corrected chi connectivity index (χ0v) is 12.3. The summed E-state index contributed by atoms with van der Waals surface area (Å²) in [6, 6.07) is 6.82. The van der Waals surface area contributed by atoms with Crippen LogP contribution in [0.3, 0.4) is 0 Å². The van der Waals surface area contributed by atoms with E-state index in [1.165, 1.54) is 16.7 Å². The van der Waals surface area contributed by atoms with Crippen molar-refractivity contribution in [2.45, 2.75) is 45.8 Å². The van der Waals surface area contributed by atoms with Crippen LogP contribution in [0.2, 0.25) is 19.6 Å². The highest BCUT2D eigenvalue weighted by atomic mass is 28.4. The van der Waals surface area contributed by atoms with Crippen molar-refractivity contribution in [2.24, 2.45) is 0 Å². The van der Waals surface area contributed by atoms with Gasteiger partial charge in [0.2, 0.25) is 8.32 Å². The first kappa shape index (κ1) is 12.4. The van der Waals surface area contributed by atoms with Crippen LogP contribution in [0.5, 0.6) is 0 Å². The molecule has 1 aliphatic carbocycles. The van der Waals surface area contributed by atoms with E-state index in [0.717, 1.165) is 25.0 Å². The third kappa shape index (κ3) is 3.00. The normalized spacial score (nSPS) is 15.2. The molecule has 0 aliphatic heterocycles. The van der Waals surface area contributed by atoms with Gasteiger partial charge in [0.05, 0.1) is 0 Å². The van der Waals surface area contributed by atoms with E-state index >= 15 is 0 Å². The van der Waals surface area contributed by atoms with Gasteiger partial charge in [-0.3, -0.25) is 0 Å². The number of allylic oxidation sites excluding steroid dienone is 1. The Morgan fingerprint density at radius 3 is 2.65 bits per heavy atom. The molecule has 0 unspecified atom stereocenters. The summed E-state index contributed by atoms with van der Waals surface area (Å²) in [5, 5.41) is 0. The zero-order chi connectivity index (χ0) is 12.5. The maximum Gasteiger partial charge on any atom is 0.242 e. The number of benzene rings is 1. The molecule has 2 heteroatoms. The average molecular weight is 246 g/mol. The van der Waals surface area contributed by atoms with Crippen molar-refractivity contribution in [3.05, 3.63) is 41.0 Å². The van der Waals surface area contributed by atoms with Crippen LogP contribution < -0.4 is 0 Å². The third-order valence-corrected chi connectivity index (χ3v) is 3.84. The number of rotatable bonds is 3. The van der Waals surface area contributed by atoms with Gasteiger partial charge >= 0.3 is 0 Å². The smallest absolute Gasteiger partial charge is 0.242 e. The second-order valence-electron chi connectivity index (χ2n) is 5.67. The molecule has 0 saturated carbocycles. The molecular formula is C15H22OSi. The van der Waals surface area contributed by atoms with Crippen molar-refractivity contribution in [1.82, 2.24) is 0 Å². The van der Waals surface area contributed by atoms with Gasteiger partial charge in [0.1, 0.15) is 5.76 Å². The summed E-state index contributed by atoms with van der Waals surface area (Å²) in [6.45, 7) is 8.93. The van der Waals surface area contributed by atoms with E-state index in [4.69, 9.17) is 4.43 Å². The molecule has 0 atom stereocenters. The largest absolute Gasteiger partial charge is 0.544 e. The minimum absolute atomic E-state index is 1.09. The topological polar surface area (TPSA) is 9.23 Å². The Kier molecular flexibility index (Phi) is 3.43. The number of fused-ring (bicyclic) bond motifs is 1. The SMILES string of the molecule is CCc1ccc2c(c1)C(O[Si](C)(C)C)=CCC2. The molecule has 0 aromatic heterocycles. The molecule has 1 aliphatic rings. The molecule has 0 N–H and O–H groups in total. The lowest BCUT2D eigenvalue weighted by molar-refractivity contribution is 0.508. The summed E-state index contributed by atoms with van der Waals surface area (Å²) in [5.41, 5.74) is 4.17. The van der Waals surface area contributed by atoms with Crippen LogP contribution in [0.25, 0.3) is 5.76 Å². The van der Waals surface area contributed by atoms with E-state index < -0.39 is 8.32 Å². The minimum Gasteiger partial charge on any atom is -0.544 e. The Bertz CT molecular complexity index is 441. The van der Waals surface area contributed by atoms with Crippen LogP contribution in [-0.4, -0.2) is 8.32 Å². The summed E-state index contributed by atoms with van der Waals surface area (Å²) in [4.78, 5) is 0. The Morgan fingerprint density at radius 2 is 2.00 bits per heavy atom. The highest BCUT2D eigenvalue weighted by molar-refractivity contribution is 6.70. The quantitative estimate of drug-likeness (QED) is 0.719. The van der Waals surface area contributed by atoms with E-state index in [-0.39, 0.29) is 0 Å². The predicted molar refractivity (Wildman–Crippen MR) is 76.5 cm³/mol. The van der Waals surface area contributed by atoms with Crippen LogP contribution in [0.1, 0.15) is 30.0 Å². The standard InChI is InChI=1S/C15H22OSi/c1-5-12-9-10-13-7-6-8-15(14(13)11-12)16-17(2,3)4/h8-11H,5-7H2,1-4H3. The molecule has 2 rings (SSSR count). The van der Waals surface area contributed by atoms with Gasteiger partial charge in [0, 0.05) is 5.56 Å². The molecule has 1 aromatic carbocycles. The van der Waals surface area contributed by atoms with Gasteiger partial charge in [0.25, 0.3) is 0 Å². The van der Waals surface area contributed by atoms with Crippen molar-refractivity contribution in [3.8, 4) is 0 Å². The van der Waals surface area contributed by atoms with Gasteiger partial charge in [-0.1, -0.05) is 19.1 Å². The lowest BCUT2D eigenvalue weighted by atomic mass is 9.93. The summed E-state index contributed by atoms with van der Waals surface area (Å²) in [5.74, 6) is 1.13. The zero-order valence-electron chi connectivity index (χ0n) is 11.3. The summed E-state index contributed by atoms with van der Waals surface area (Å²) >= 11 is 0. The van der Waals surface area contributed by atoms with E-state index in [1.54, 1.807) is 0 Å². The van der Waals surface area contributed by atoms with E-state index in [1.807, 2.05) is 0 Å². The first-order valence-corrected chi connectivity index (χ1v) is 9.92. The van der Waals surface area contributed by atoms with Crippen LogP contribution in [0.15, 0.2) is 24.3 Å². The van der Waals surface area contributed by atoms with E-state index in [9.17, 15) is 0 Å². The Labute approximate surface area is 106 Å². The number of hydrogen-bond donors (Lipinski definition) is 0. The van der Waals surface area contributed by atoms with Gasteiger partial charge in [-0.2, -0.15) is 0 Å². The Hall–Kier alpha value is -1.02. The van der Waals surface area contributed by atoms with Crippen molar-refractivity contribution in [3.63, 3.8) is 0 Å². The van der Waals surface area contributed by atoms with Crippen LogP contribution in [-0.2, 0) is 17.3 Å². The maximum atomic E-state index is 6.20. The average Bonchev–Trinajstić information content (AvgIpc) is 2.27. The molecule has 0 amide bonds. The molecule has 92 valence electrons. The Morgan fingerprint density at radius 1 is 1.24 bits per heavy atom. The first-order chi connectivity index (χ1) is 7.99. The fourth-order valence-corrected chi connectivity index (χ4v) is 3.04. The fourth-order valence-electron chi connectivity index (χ4n) is 2.19. The number of hydrogen-bond acceptors (Lipinski definition) is 1. The van der Waals surface area contributed by atoms with Gasteiger partial charge in [-0.25, -0.2) is 0 Å². The highest BCUT2D eigenvalue weighted by Crippen LogP contribution is 2.30. The molecule has 1 aromatic rings. The van der Waals surface area contributed by atoms with Gasteiger partial charge in [0.15, 0.2) is 0 Å². The van der Waals surface area contributed by atoms with Gasteiger partial charge < -0.3 is 4.43 Å². The van der Waals surface area contributed by atoms with Crippen molar-refractivity contribution in [2.75, 3.05) is 0 Å². The summed E-state index contributed by atoms with van der Waals surface area (Å²) < 4.78 is 6.20. The Balaban J connectivity index is 2.35. The summed E-state index contributed by atoms with van der Waals surface area (Å²) in [7, 11) is -1.51. The molecule has 0 radical (unpaired) electrons. The molecular weight excluding hydrogens is 224 g/mol. The summed E-state index contributed by atoms with van der Waals surface area (Å²) in [6.07, 6.45) is 5.61. The lowest BCUT2D eigenvalue weighted by Crippen LogP contribution is -2.25. The van der Waals surface area contributed by atoms with Gasteiger partial charge in [-0.15, -0.1) is 0 Å². The molecule has 0 heterocycles. The molecule has 0 saturated heterocycles. The van der Waals surface area contributed by atoms with Crippen molar-refractivity contribution >= 4 is 14.1 Å². The highest BCUT2D eigenvalue weighted by Gasteiger charge is 2.21. The maximum absolute atomic E-state index is 6.20. The molecule has 0 fully saturated rings. The molecule has 1 nitrogen and oxygen atoms in total. The number of aryl methyl sites for hydroxylation is 2. The molecule has 0 bridgehead atoms. The van der Waals surface area contributed by atoms with E-state index in [2.05, 4.69) is 50.8 Å². The van der Waals surface area contributed by atoms with Crippen molar-refractivity contribution in [1.29, 1.82) is 0 Å². The predicted octanol–water partition coefficient (Wildman–Crippen LogP) is 4.39.